The summed E-state index contributed by atoms with van der Waals surface area (Å²) in [7, 11) is 0. The summed E-state index contributed by atoms with van der Waals surface area (Å²) in [6, 6.07) is 0. The van der Waals surface area contributed by atoms with Gasteiger partial charge in [0.1, 0.15) is 15.2 Å². The van der Waals surface area contributed by atoms with Crippen LogP contribution in [-0.4, -0.2) is 10.1 Å². The van der Waals surface area contributed by atoms with Crippen molar-refractivity contribution in [2.24, 2.45) is 11.8 Å². The number of thiazole rings is 1. The Morgan fingerprint density at radius 3 is 2.81 bits per heavy atom. The highest BCUT2D eigenvalue weighted by atomic mass is 79.9. The highest BCUT2D eigenvalue weighted by molar-refractivity contribution is 9.10. The molecule has 0 amide bonds. The summed E-state index contributed by atoms with van der Waals surface area (Å²) in [6.45, 7) is 0. The molecule has 1 aromatic rings. The van der Waals surface area contributed by atoms with Crippen LogP contribution in [0.3, 0.4) is 0 Å². The fourth-order valence-electron chi connectivity index (χ4n) is 2.93. The minimum atomic E-state index is -0.637. The second-order valence-electron chi connectivity index (χ2n) is 5.20. The Kier molecular flexibility index (Phi) is 2.84. The van der Waals surface area contributed by atoms with Crippen LogP contribution in [0.15, 0.2) is 9.98 Å². The molecule has 2 atom stereocenters. The zero-order valence-corrected chi connectivity index (χ0v) is 11.6. The van der Waals surface area contributed by atoms with Gasteiger partial charge in [0.25, 0.3) is 0 Å². The van der Waals surface area contributed by atoms with E-state index in [0.29, 0.717) is 0 Å². The number of aliphatic hydroxyl groups is 1. The molecule has 0 aliphatic heterocycles. The molecule has 0 spiro atoms. The molecular weight excluding hydrogens is 286 g/mol. The third-order valence-electron chi connectivity index (χ3n) is 3.93. The first-order valence-corrected chi connectivity index (χ1v) is 7.68. The van der Waals surface area contributed by atoms with E-state index in [1.165, 1.54) is 19.3 Å². The van der Waals surface area contributed by atoms with Gasteiger partial charge in [-0.2, -0.15) is 0 Å². The summed E-state index contributed by atoms with van der Waals surface area (Å²) in [5, 5.41) is 13.6. The van der Waals surface area contributed by atoms with Gasteiger partial charge in [-0.3, -0.25) is 0 Å². The first-order valence-electron chi connectivity index (χ1n) is 6.01. The van der Waals surface area contributed by atoms with E-state index in [-0.39, 0.29) is 0 Å². The summed E-state index contributed by atoms with van der Waals surface area (Å²) in [4.78, 5) is 4.41. The molecule has 2 aliphatic rings. The standard InChI is InChI=1S/C12H16BrNOS/c13-10-7-16-11(14-10)12(15)5-1-2-9(6-12)8-3-4-8/h7-9,15H,1-6H2. The Bertz CT molecular complexity index is 390. The second-order valence-corrected chi connectivity index (χ2v) is 6.87. The van der Waals surface area contributed by atoms with Crippen LogP contribution in [0.4, 0.5) is 0 Å². The van der Waals surface area contributed by atoms with Gasteiger partial charge in [-0.1, -0.05) is 0 Å². The molecule has 2 nitrogen and oxygen atoms in total. The van der Waals surface area contributed by atoms with Gasteiger partial charge in [0, 0.05) is 5.38 Å². The maximum absolute atomic E-state index is 10.7. The van der Waals surface area contributed by atoms with Crippen LogP contribution < -0.4 is 0 Å². The molecule has 2 saturated carbocycles. The topological polar surface area (TPSA) is 33.1 Å². The summed E-state index contributed by atoms with van der Waals surface area (Å²) in [6.07, 6.45) is 7.02. The smallest absolute Gasteiger partial charge is 0.126 e. The number of rotatable bonds is 2. The Labute approximate surface area is 108 Å². The zero-order valence-electron chi connectivity index (χ0n) is 9.16. The summed E-state index contributed by atoms with van der Waals surface area (Å²) in [5.41, 5.74) is -0.637. The van der Waals surface area contributed by atoms with Crippen molar-refractivity contribution in [1.29, 1.82) is 0 Å². The lowest BCUT2D eigenvalue weighted by atomic mass is 9.76. The lowest BCUT2D eigenvalue weighted by Gasteiger charge is -2.35. The Morgan fingerprint density at radius 2 is 2.19 bits per heavy atom. The molecule has 0 saturated heterocycles. The number of nitrogens with zero attached hydrogens (tertiary/aromatic N) is 1. The largest absolute Gasteiger partial charge is 0.383 e. The van der Waals surface area contributed by atoms with Crippen molar-refractivity contribution in [2.45, 2.75) is 44.1 Å². The molecule has 0 aromatic carbocycles. The van der Waals surface area contributed by atoms with Gasteiger partial charge in [0.15, 0.2) is 0 Å². The Hall–Kier alpha value is 0.0700. The van der Waals surface area contributed by atoms with Crippen molar-refractivity contribution in [3.05, 3.63) is 15.0 Å². The third kappa shape index (κ3) is 2.07. The first-order chi connectivity index (χ1) is 7.67. The first kappa shape index (κ1) is 11.2. The lowest BCUT2D eigenvalue weighted by molar-refractivity contribution is -0.0253. The van der Waals surface area contributed by atoms with Gasteiger partial charge in [0.05, 0.1) is 0 Å². The van der Waals surface area contributed by atoms with E-state index >= 15 is 0 Å². The number of halogens is 1. The lowest BCUT2D eigenvalue weighted by Crippen LogP contribution is -2.33. The van der Waals surface area contributed by atoms with Gasteiger partial charge < -0.3 is 5.11 Å². The van der Waals surface area contributed by atoms with Crippen molar-refractivity contribution >= 4 is 27.3 Å². The number of aromatic nitrogens is 1. The van der Waals surface area contributed by atoms with Crippen LogP contribution in [0.25, 0.3) is 0 Å². The van der Waals surface area contributed by atoms with E-state index < -0.39 is 5.60 Å². The maximum Gasteiger partial charge on any atom is 0.126 e. The summed E-state index contributed by atoms with van der Waals surface area (Å²) >= 11 is 4.95. The molecule has 2 aliphatic carbocycles. The van der Waals surface area contributed by atoms with E-state index in [4.69, 9.17) is 0 Å². The average Bonchev–Trinajstić information content (AvgIpc) is 3.01. The SMILES string of the molecule is OC1(c2nc(Br)cs2)CCCC(C2CC2)C1. The summed E-state index contributed by atoms with van der Waals surface area (Å²) < 4.78 is 0.856. The second kappa shape index (κ2) is 4.07. The zero-order chi connectivity index (χ0) is 11.2. The van der Waals surface area contributed by atoms with E-state index in [2.05, 4.69) is 20.9 Å². The van der Waals surface area contributed by atoms with Crippen molar-refractivity contribution in [1.82, 2.24) is 4.98 Å². The maximum atomic E-state index is 10.7. The molecule has 1 aromatic heterocycles. The quantitative estimate of drug-likeness (QED) is 0.903. The monoisotopic (exact) mass is 301 g/mol. The van der Waals surface area contributed by atoms with Gasteiger partial charge >= 0.3 is 0 Å². The molecule has 0 radical (unpaired) electrons. The minimum absolute atomic E-state index is 0.637. The van der Waals surface area contributed by atoms with Crippen molar-refractivity contribution in [3.63, 3.8) is 0 Å². The van der Waals surface area contributed by atoms with E-state index in [9.17, 15) is 5.11 Å². The van der Waals surface area contributed by atoms with Crippen LogP contribution in [0, 0.1) is 11.8 Å². The van der Waals surface area contributed by atoms with Crippen molar-refractivity contribution < 1.29 is 5.11 Å². The molecule has 3 rings (SSSR count). The highest BCUT2D eigenvalue weighted by Gasteiger charge is 2.43. The normalized spacial score (nSPS) is 35.2. The predicted octanol–water partition coefficient (Wildman–Crippen LogP) is 3.69. The molecule has 1 N–H and O–H groups in total. The van der Waals surface area contributed by atoms with Gasteiger partial charge in [0.2, 0.25) is 0 Å². The van der Waals surface area contributed by atoms with E-state index in [1.807, 2.05) is 5.38 Å². The Balaban J connectivity index is 1.80. The molecule has 1 heterocycles. The van der Waals surface area contributed by atoms with E-state index in [0.717, 1.165) is 40.7 Å². The third-order valence-corrected chi connectivity index (χ3v) is 5.67. The molecule has 4 heteroatoms. The van der Waals surface area contributed by atoms with Crippen molar-refractivity contribution in [3.8, 4) is 0 Å². The van der Waals surface area contributed by atoms with Gasteiger partial charge in [-0.05, 0) is 66.3 Å². The van der Waals surface area contributed by atoms with Crippen LogP contribution in [0.5, 0.6) is 0 Å². The van der Waals surface area contributed by atoms with Crippen LogP contribution in [-0.2, 0) is 5.60 Å². The molecule has 0 bridgehead atoms. The molecular formula is C12H16BrNOS. The fourth-order valence-corrected chi connectivity index (χ4v) is 4.32. The molecule has 88 valence electrons. The van der Waals surface area contributed by atoms with Crippen LogP contribution in [0.2, 0.25) is 0 Å². The van der Waals surface area contributed by atoms with Crippen molar-refractivity contribution in [2.75, 3.05) is 0 Å². The minimum Gasteiger partial charge on any atom is -0.383 e. The average molecular weight is 302 g/mol. The van der Waals surface area contributed by atoms with Gasteiger partial charge in [-0.25, -0.2) is 4.98 Å². The molecule has 2 unspecified atom stereocenters. The predicted molar refractivity (Wildman–Crippen MR) is 68.4 cm³/mol. The van der Waals surface area contributed by atoms with Crippen LogP contribution in [0.1, 0.15) is 43.5 Å². The number of hydrogen-bond donors (Lipinski definition) is 1. The van der Waals surface area contributed by atoms with E-state index in [1.54, 1.807) is 11.3 Å². The molecule has 2 fully saturated rings. The molecule has 16 heavy (non-hydrogen) atoms. The number of hydrogen-bond acceptors (Lipinski definition) is 3. The van der Waals surface area contributed by atoms with Crippen LogP contribution >= 0.6 is 27.3 Å². The van der Waals surface area contributed by atoms with Gasteiger partial charge in [-0.15, -0.1) is 11.3 Å². The highest BCUT2D eigenvalue weighted by Crippen LogP contribution is 2.49. The summed E-state index contributed by atoms with van der Waals surface area (Å²) in [5.74, 6) is 1.64. The fraction of sp³-hybridized carbons (Fsp3) is 0.750. The Morgan fingerprint density at radius 1 is 1.38 bits per heavy atom.